The molecule has 31 heavy (non-hydrogen) atoms. The molecule has 0 saturated heterocycles. The molecular weight excluding hydrogens is 426 g/mol. The number of carbonyl (C=O) groups excluding carboxylic acids is 2. The largest absolute Gasteiger partial charge is 0.716 e. The van der Waals surface area contributed by atoms with E-state index >= 15 is 0 Å². The van der Waals surface area contributed by atoms with E-state index in [2.05, 4.69) is 9.50 Å². The van der Waals surface area contributed by atoms with Crippen molar-refractivity contribution >= 4 is 22.4 Å². The monoisotopic (exact) mass is 451 g/mol. The molecule has 1 fully saturated rings. The highest BCUT2D eigenvalue weighted by molar-refractivity contribution is 7.81. The minimum absolute atomic E-state index is 0. The Morgan fingerprint density at radius 3 is 2.42 bits per heavy atom. The first-order valence-electron chi connectivity index (χ1n) is 9.39. The first-order valence-corrected chi connectivity index (χ1v) is 10.7. The summed E-state index contributed by atoms with van der Waals surface area (Å²) < 4.78 is 43.1. The van der Waals surface area contributed by atoms with E-state index in [0.29, 0.717) is 5.56 Å². The van der Waals surface area contributed by atoms with Gasteiger partial charge in [-0.2, -0.15) is 0 Å². The molecule has 11 heteroatoms. The maximum Gasteiger partial charge on any atom is 0.412 e. The first-order chi connectivity index (χ1) is 14.2. The van der Waals surface area contributed by atoms with Crippen molar-refractivity contribution < 1.29 is 31.5 Å². The highest BCUT2D eigenvalue weighted by Crippen LogP contribution is 2.35. The van der Waals surface area contributed by atoms with Gasteiger partial charge in [0.15, 0.2) is 0 Å². The molecule has 0 aliphatic heterocycles. The lowest BCUT2D eigenvalue weighted by atomic mass is 9.96. The number of nitrogens with one attached hydrogen (secondary N) is 1. The number of carbonyl (C=O) groups is 2. The minimum atomic E-state index is -5.05. The topological polar surface area (TPSA) is 184 Å². The number of nitrogens with two attached hydrogens (primary N) is 1. The van der Waals surface area contributed by atoms with Crippen molar-refractivity contribution in [2.45, 2.75) is 38.1 Å². The van der Waals surface area contributed by atoms with Gasteiger partial charge in [0.1, 0.15) is 11.5 Å². The number of hydrogen-bond acceptors (Lipinski definition) is 7. The number of rotatable bonds is 6. The van der Waals surface area contributed by atoms with Crippen LogP contribution in [0.5, 0.6) is 11.5 Å². The summed E-state index contributed by atoms with van der Waals surface area (Å²) in [6.45, 7) is 0. The van der Waals surface area contributed by atoms with E-state index in [-0.39, 0.29) is 34.8 Å². The van der Waals surface area contributed by atoms with Crippen molar-refractivity contribution in [2.75, 3.05) is 0 Å². The Bertz CT molecular complexity index is 1050. The van der Waals surface area contributed by atoms with E-state index in [1.165, 1.54) is 36.4 Å². The van der Waals surface area contributed by atoms with Gasteiger partial charge in [-0.1, -0.05) is 31.4 Å². The molecule has 7 N–H and O–H groups in total. The molecule has 1 aliphatic carbocycles. The van der Waals surface area contributed by atoms with Crippen LogP contribution in [-0.4, -0.2) is 31.0 Å². The van der Waals surface area contributed by atoms with Crippen molar-refractivity contribution in [3.63, 3.8) is 0 Å². The third-order valence-corrected chi connectivity index (χ3v) is 5.12. The van der Waals surface area contributed by atoms with Gasteiger partial charge in [-0.15, -0.1) is 0 Å². The molecule has 1 aliphatic rings. The van der Waals surface area contributed by atoms with Gasteiger partial charge in [0, 0.05) is 17.2 Å². The fourth-order valence-corrected chi connectivity index (χ4v) is 3.74. The zero-order valence-corrected chi connectivity index (χ0v) is 17.8. The van der Waals surface area contributed by atoms with Crippen LogP contribution in [0.25, 0.3) is 11.1 Å². The van der Waals surface area contributed by atoms with Crippen LogP contribution in [0.3, 0.4) is 0 Å². The summed E-state index contributed by atoms with van der Waals surface area (Å²) in [5, 5.41) is 2.80. The van der Waals surface area contributed by atoms with E-state index in [0.717, 1.165) is 32.1 Å². The van der Waals surface area contributed by atoms with Crippen molar-refractivity contribution in [1.82, 2.24) is 11.5 Å². The summed E-state index contributed by atoms with van der Waals surface area (Å²) in [5.74, 6) is -0.847. The number of primary amides is 1. The molecule has 168 valence electrons. The van der Waals surface area contributed by atoms with Crippen LogP contribution >= 0.6 is 0 Å². The second kappa shape index (κ2) is 10.2. The predicted octanol–water partition coefficient (Wildman–Crippen LogP) is 3.09. The third kappa shape index (κ3) is 6.95. The highest BCUT2D eigenvalue weighted by Gasteiger charge is 2.18. The Morgan fingerprint density at radius 1 is 1.06 bits per heavy atom. The maximum absolute atomic E-state index is 12.2. The molecule has 0 unspecified atom stereocenters. The molecule has 0 radical (unpaired) electrons. The SMILES string of the molecule is NC(=O)c1cccc(-c2cc(OC(=O)NC3CCCCC3)ccc2OS(=O)(=O)[O-])c1.[NH4+]. The van der Waals surface area contributed by atoms with Crippen LogP contribution in [0, 0.1) is 0 Å². The zero-order chi connectivity index (χ0) is 21.7. The Kier molecular flexibility index (Phi) is 7.97. The van der Waals surface area contributed by atoms with Gasteiger partial charge >= 0.3 is 6.09 Å². The van der Waals surface area contributed by atoms with Crippen LogP contribution in [0.15, 0.2) is 42.5 Å². The molecule has 2 amide bonds. The molecule has 0 aromatic heterocycles. The second-order valence-corrected chi connectivity index (χ2v) is 7.95. The van der Waals surface area contributed by atoms with Crippen LogP contribution < -0.4 is 26.1 Å². The number of amides is 2. The van der Waals surface area contributed by atoms with Gasteiger partial charge in [0.25, 0.3) is 10.4 Å². The van der Waals surface area contributed by atoms with Crippen molar-refractivity contribution in [2.24, 2.45) is 5.73 Å². The van der Waals surface area contributed by atoms with Crippen molar-refractivity contribution in [3.05, 3.63) is 48.0 Å². The Hall–Kier alpha value is -3.15. The number of quaternary nitrogens is 1. The lowest BCUT2D eigenvalue weighted by Gasteiger charge is -2.22. The average Bonchev–Trinajstić information content (AvgIpc) is 2.69. The summed E-state index contributed by atoms with van der Waals surface area (Å²) >= 11 is 0. The molecule has 0 heterocycles. The molecule has 10 nitrogen and oxygen atoms in total. The highest BCUT2D eigenvalue weighted by atomic mass is 32.3. The number of benzene rings is 2. The van der Waals surface area contributed by atoms with Crippen molar-refractivity contribution in [1.29, 1.82) is 0 Å². The van der Waals surface area contributed by atoms with E-state index in [1.54, 1.807) is 6.07 Å². The van der Waals surface area contributed by atoms with Crippen LogP contribution in [0.1, 0.15) is 42.5 Å². The third-order valence-electron chi connectivity index (χ3n) is 4.74. The first kappa shape index (κ1) is 24.1. The maximum atomic E-state index is 12.2. The Labute approximate surface area is 180 Å². The summed E-state index contributed by atoms with van der Waals surface area (Å²) in [5.41, 5.74) is 5.95. The fourth-order valence-electron chi connectivity index (χ4n) is 3.37. The summed E-state index contributed by atoms with van der Waals surface area (Å²) in [6.07, 6.45) is 4.36. The Morgan fingerprint density at radius 2 is 1.77 bits per heavy atom. The average molecular weight is 452 g/mol. The van der Waals surface area contributed by atoms with Gasteiger partial charge in [0.05, 0.1) is 0 Å². The molecule has 3 rings (SSSR count). The van der Waals surface area contributed by atoms with Crippen LogP contribution in [0.4, 0.5) is 4.79 Å². The lowest BCUT2D eigenvalue weighted by Crippen LogP contribution is -2.38. The van der Waals surface area contributed by atoms with Gasteiger partial charge in [-0.05, 0) is 48.7 Å². The summed E-state index contributed by atoms with van der Waals surface area (Å²) in [4.78, 5) is 23.7. The van der Waals surface area contributed by atoms with E-state index in [4.69, 9.17) is 10.5 Å². The molecule has 0 spiro atoms. The van der Waals surface area contributed by atoms with Gasteiger partial charge in [-0.3, -0.25) is 4.79 Å². The summed E-state index contributed by atoms with van der Waals surface area (Å²) in [7, 11) is -5.05. The second-order valence-electron chi connectivity index (χ2n) is 6.96. The lowest BCUT2D eigenvalue weighted by molar-refractivity contribution is 0.1000. The molecule has 1 saturated carbocycles. The van der Waals surface area contributed by atoms with E-state index in [9.17, 15) is 22.6 Å². The van der Waals surface area contributed by atoms with Crippen LogP contribution in [0.2, 0.25) is 0 Å². The fraction of sp³-hybridized carbons (Fsp3) is 0.300. The van der Waals surface area contributed by atoms with Gasteiger partial charge in [0.2, 0.25) is 5.91 Å². The number of hydrogen-bond donors (Lipinski definition) is 3. The predicted molar refractivity (Wildman–Crippen MR) is 113 cm³/mol. The number of ether oxygens (including phenoxy) is 1. The molecule has 2 aromatic carbocycles. The molecular formula is C20H25N3O7S. The van der Waals surface area contributed by atoms with E-state index < -0.39 is 22.4 Å². The molecule has 0 atom stereocenters. The van der Waals surface area contributed by atoms with Crippen molar-refractivity contribution in [3.8, 4) is 22.6 Å². The molecule has 0 bridgehead atoms. The minimum Gasteiger partial charge on any atom is -0.716 e. The summed E-state index contributed by atoms with van der Waals surface area (Å²) in [6, 6.07) is 9.90. The zero-order valence-electron chi connectivity index (χ0n) is 17.0. The Balaban J connectivity index is 0.00000341. The van der Waals surface area contributed by atoms with Crippen LogP contribution in [-0.2, 0) is 10.4 Å². The quantitative estimate of drug-likeness (QED) is 0.445. The smallest absolute Gasteiger partial charge is 0.412 e. The normalized spacial score (nSPS) is 14.2. The van der Waals surface area contributed by atoms with Gasteiger partial charge < -0.3 is 30.7 Å². The van der Waals surface area contributed by atoms with E-state index in [1.807, 2.05) is 0 Å². The molecule has 2 aromatic rings. The van der Waals surface area contributed by atoms with Gasteiger partial charge in [-0.25, -0.2) is 13.2 Å². The standard InChI is InChI=1S/C20H22N2O7S.H3N/c21-19(23)14-6-4-5-13(11-14)17-12-16(9-10-18(17)29-30(25,26)27)28-20(24)22-15-7-2-1-3-8-15;/h4-6,9-12,15H,1-3,7-8H2,(H2,21,23)(H,22,24)(H,25,26,27);1H3.